The minimum atomic E-state index is -0.144. The molecule has 3 rings (SSSR count). The highest BCUT2D eigenvalue weighted by atomic mass is 32.1. The van der Waals surface area contributed by atoms with Crippen molar-refractivity contribution >= 4 is 27.5 Å². The first-order chi connectivity index (χ1) is 10.2. The SMILES string of the molecule is C=CCc1cc(OC2CC(C(=O)OC)C2)c2ncsc2c1. The van der Waals surface area contributed by atoms with Crippen LogP contribution in [0.4, 0.5) is 0 Å². The molecule has 4 nitrogen and oxygen atoms in total. The number of carbonyl (C=O) groups is 1. The van der Waals surface area contributed by atoms with Crippen LogP contribution in [0.1, 0.15) is 18.4 Å². The zero-order chi connectivity index (χ0) is 14.8. The molecule has 0 radical (unpaired) electrons. The standard InChI is InChI=1S/C16H17NO3S/c1-3-4-10-5-13(15-14(6-10)21-9-17-15)20-12-7-11(8-12)16(18)19-2/h3,5-6,9,11-12H,1,4,7-8H2,2H3. The second-order valence-corrected chi connectivity index (χ2v) is 6.10. The largest absolute Gasteiger partial charge is 0.488 e. The van der Waals surface area contributed by atoms with E-state index < -0.39 is 0 Å². The third-order valence-electron chi connectivity index (χ3n) is 3.76. The molecule has 2 aromatic rings. The average molecular weight is 303 g/mol. The van der Waals surface area contributed by atoms with E-state index >= 15 is 0 Å². The maximum absolute atomic E-state index is 11.4. The van der Waals surface area contributed by atoms with Crippen molar-refractivity contribution in [2.45, 2.75) is 25.4 Å². The molecule has 1 aliphatic carbocycles. The van der Waals surface area contributed by atoms with Crippen molar-refractivity contribution in [1.29, 1.82) is 0 Å². The van der Waals surface area contributed by atoms with Gasteiger partial charge in [0.15, 0.2) is 0 Å². The lowest BCUT2D eigenvalue weighted by Gasteiger charge is -2.33. The minimum Gasteiger partial charge on any atom is -0.488 e. The maximum atomic E-state index is 11.4. The minimum absolute atomic E-state index is 0.0257. The molecule has 0 spiro atoms. The van der Waals surface area contributed by atoms with E-state index in [0.29, 0.717) is 12.8 Å². The number of allylic oxidation sites excluding steroid dienone is 1. The van der Waals surface area contributed by atoms with Crippen LogP contribution in [-0.4, -0.2) is 24.2 Å². The van der Waals surface area contributed by atoms with Gasteiger partial charge >= 0.3 is 5.97 Å². The van der Waals surface area contributed by atoms with Gasteiger partial charge in [0.25, 0.3) is 0 Å². The van der Waals surface area contributed by atoms with Crippen LogP contribution in [0.2, 0.25) is 0 Å². The number of aromatic nitrogens is 1. The van der Waals surface area contributed by atoms with Gasteiger partial charge in [0, 0.05) is 0 Å². The van der Waals surface area contributed by atoms with E-state index in [9.17, 15) is 4.79 Å². The predicted octanol–water partition coefficient (Wildman–Crippen LogP) is 3.36. The highest BCUT2D eigenvalue weighted by Gasteiger charge is 2.37. The predicted molar refractivity (Wildman–Crippen MR) is 82.7 cm³/mol. The Bertz CT molecular complexity index is 673. The van der Waals surface area contributed by atoms with E-state index in [4.69, 9.17) is 9.47 Å². The number of ether oxygens (including phenoxy) is 2. The van der Waals surface area contributed by atoms with Crippen LogP contribution in [0.25, 0.3) is 10.2 Å². The van der Waals surface area contributed by atoms with Gasteiger partial charge in [-0.2, -0.15) is 0 Å². The second kappa shape index (κ2) is 5.85. The molecule has 1 aromatic heterocycles. The molecule has 5 heteroatoms. The van der Waals surface area contributed by atoms with Crippen LogP contribution in [0, 0.1) is 5.92 Å². The molecule has 1 heterocycles. The first-order valence-corrected chi connectivity index (χ1v) is 7.80. The fourth-order valence-electron chi connectivity index (χ4n) is 2.56. The fourth-order valence-corrected chi connectivity index (χ4v) is 3.32. The van der Waals surface area contributed by atoms with Crippen molar-refractivity contribution in [2.24, 2.45) is 5.92 Å². The molecule has 110 valence electrons. The van der Waals surface area contributed by atoms with Crippen LogP contribution in [0.5, 0.6) is 5.75 Å². The Morgan fingerprint density at radius 3 is 3.05 bits per heavy atom. The van der Waals surface area contributed by atoms with Crippen LogP contribution in [-0.2, 0) is 16.0 Å². The Kier molecular flexibility index (Phi) is 3.92. The summed E-state index contributed by atoms with van der Waals surface area (Å²) >= 11 is 1.60. The number of rotatable bonds is 5. The first kappa shape index (κ1) is 14.1. The summed E-state index contributed by atoms with van der Waals surface area (Å²) < 4.78 is 11.9. The molecule has 0 aliphatic heterocycles. The number of carbonyl (C=O) groups excluding carboxylic acids is 1. The fraction of sp³-hybridized carbons (Fsp3) is 0.375. The Balaban J connectivity index is 1.76. The van der Waals surface area contributed by atoms with Crippen molar-refractivity contribution in [3.63, 3.8) is 0 Å². The lowest BCUT2D eigenvalue weighted by atomic mass is 9.82. The monoisotopic (exact) mass is 303 g/mol. The zero-order valence-corrected chi connectivity index (χ0v) is 12.7. The molecule has 1 fully saturated rings. The van der Waals surface area contributed by atoms with Crippen molar-refractivity contribution in [3.8, 4) is 5.75 Å². The number of fused-ring (bicyclic) bond motifs is 1. The molecule has 0 unspecified atom stereocenters. The van der Waals surface area contributed by atoms with Gasteiger partial charge in [-0.05, 0) is 37.0 Å². The zero-order valence-electron chi connectivity index (χ0n) is 11.9. The molecule has 0 atom stereocenters. The van der Waals surface area contributed by atoms with E-state index in [2.05, 4.69) is 17.6 Å². The molecule has 0 bridgehead atoms. The summed E-state index contributed by atoms with van der Waals surface area (Å²) in [4.78, 5) is 15.8. The van der Waals surface area contributed by atoms with Gasteiger partial charge in [-0.25, -0.2) is 4.98 Å². The lowest BCUT2D eigenvalue weighted by molar-refractivity contribution is -0.151. The molecule has 0 amide bonds. The van der Waals surface area contributed by atoms with Gasteiger partial charge in [-0.1, -0.05) is 6.08 Å². The van der Waals surface area contributed by atoms with E-state index in [1.54, 1.807) is 11.3 Å². The third-order valence-corrected chi connectivity index (χ3v) is 4.54. The highest BCUT2D eigenvalue weighted by molar-refractivity contribution is 7.16. The average Bonchev–Trinajstić information content (AvgIpc) is 2.90. The smallest absolute Gasteiger partial charge is 0.308 e. The van der Waals surface area contributed by atoms with Crippen molar-refractivity contribution in [2.75, 3.05) is 7.11 Å². The number of nitrogens with zero attached hydrogens (tertiary/aromatic N) is 1. The highest BCUT2D eigenvalue weighted by Crippen LogP contribution is 2.36. The lowest BCUT2D eigenvalue weighted by Crippen LogP contribution is -2.38. The number of esters is 1. The summed E-state index contributed by atoms with van der Waals surface area (Å²) in [6.45, 7) is 3.78. The first-order valence-electron chi connectivity index (χ1n) is 6.92. The molecule has 0 saturated heterocycles. The summed E-state index contributed by atoms with van der Waals surface area (Å²) in [5.41, 5.74) is 3.89. The molecule has 1 saturated carbocycles. The molecule has 1 aliphatic rings. The number of hydrogen-bond donors (Lipinski definition) is 0. The van der Waals surface area contributed by atoms with E-state index in [1.165, 1.54) is 12.7 Å². The molecule has 0 N–H and O–H groups in total. The molecular weight excluding hydrogens is 286 g/mol. The number of thiazole rings is 1. The summed E-state index contributed by atoms with van der Waals surface area (Å²) in [5, 5.41) is 0. The van der Waals surface area contributed by atoms with Gasteiger partial charge < -0.3 is 9.47 Å². The maximum Gasteiger partial charge on any atom is 0.308 e. The van der Waals surface area contributed by atoms with Gasteiger partial charge in [0.1, 0.15) is 17.4 Å². The molecule has 21 heavy (non-hydrogen) atoms. The van der Waals surface area contributed by atoms with E-state index in [-0.39, 0.29) is 18.0 Å². The number of benzene rings is 1. The third kappa shape index (κ3) is 2.78. The van der Waals surface area contributed by atoms with Crippen molar-refractivity contribution in [3.05, 3.63) is 35.9 Å². The van der Waals surface area contributed by atoms with Gasteiger partial charge in [0.2, 0.25) is 0 Å². The van der Waals surface area contributed by atoms with Gasteiger partial charge in [-0.15, -0.1) is 17.9 Å². The summed E-state index contributed by atoms with van der Waals surface area (Å²) in [6, 6.07) is 4.15. The Hall–Kier alpha value is -1.88. The van der Waals surface area contributed by atoms with Crippen molar-refractivity contribution in [1.82, 2.24) is 4.98 Å². The normalized spacial score (nSPS) is 20.8. The van der Waals surface area contributed by atoms with Crippen molar-refractivity contribution < 1.29 is 14.3 Å². The Morgan fingerprint density at radius 1 is 1.52 bits per heavy atom. The quantitative estimate of drug-likeness (QED) is 0.628. The molecule has 1 aromatic carbocycles. The molecular formula is C16H17NO3S. The van der Waals surface area contributed by atoms with Crippen LogP contribution in [0.15, 0.2) is 30.3 Å². The van der Waals surface area contributed by atoms with Crippen LogP contribution < -0.4 is 4.74 Å². The van der Waals surface area contributed by atoms with Crippen LogP contribution in [0.3, 0.4) is 0 Å². The number of methoxy groups -OCH3 is 1. The van der Waals surface area contributed by atoms with Gasteiger partial charge in [0.05, 0.1) is 23.2 Å². The number of hydrogen-bond acceptors (Lipinski definition) is 5. The summed E-state index contributed by atoms with van der Waals surface area (Å²) in [5.74, 6) is 0.635. The van der Waals surface area contributed by atoms with E-state index in [1.807, 2.05) is 17.7 Å². The summed E-state index contributed by atoms with van der Waals surface area (Å²) in [6.07, 6.45) is 4.17. The van der Waals surface area contributed by atoms with E-state index in [0.717, 1.165) is 22.4 Å². The Labute approximate surface area is 127 Å². The van der Waals surface area contributed by atoms with Crippen LogP contribution >= 0.6 is 11.3 Å². The van der Waals surface area contributed by atoms with Gasteiger partial charge in [-0.3, -0.25) is 4.79 Å². The Morgan fingerprint density at radius 2 is 2.33 bits per heavy atom. The summed E-state index contributed by atoms with van der Waals surface area (Å²) in [7, 11) is 1.42. The topological polar surface area (TPSA) is 48.4 Å². The second-order valence-electron chi connectivity index (χ2n) is 5.22.